The van der Waals surface area contributed by atoms with Crippen molar-refractivity contribution in [3.05, 3.63) is 71.8 Å². The molecule has 0 bridgehead atoms. The van der Waals surface area contributed by atoms with E-state index in [2.05, 4.69) is 72.9 Å². The zero-order valence-corrected chi connectivity index (χ0v) is 12.9. The third-order valence-electron chi connectivity index (χ3n) is 4.76. The molecule has 1 aliphatic carbocycles. The third kappa shape index (κ3) is 3.19. The van der Waals surface area contributed by atoms with Crippen LogP contribution in [0, 0.1) is 5.92 Å². The van der Waals surface area contributed by atoms with Crippen LogP contribution in [0.1, 0.15) is 30.9 Å². The van der Waals surface area contributed by atoms with Gasteiger partial charge in [0.2, 0.25) is 0 Å². The molecule has 0 aromatic heterocycles. The van der Waals surface area contributed by atoms with E-state index in [1.54, 1.807) is 0 Å². The lowest BCUT2D eigenvalue weighted by Gasteiger charge is -2.19. The van der Waals surface area contributed by atoms with Crippen molar-refractivity contribution in [1.82, 2.24) is 5.32 Å². The maximum absolute atomic E-state index is 3.61. The Labute approximate surface area is 128 Å². The molecule has 0 heterocycles. The number of hydrogen-bond acceptors (Lipinski definition) is 1. The second kappa shape index (κ2) is 6.44. The first-order valence-corrected chi connectivity index (χ1v) is 8.15. The van der Waals surface area contributed by atoms with E-state index in [0.29, 0.717) is 5.41 Å². The maximum Gasteiger partial charge on any atom is 0.00374 e. The minimum absolute atomic E-state index is 0.351. The Morgan fingerprint density at radius 1 is 1.00 bits per heavy atom. The molecule has 0 amide bonds. The van der Waals surface area contributed by atoms with Crippen molar-refractivity contribution in [2.45, 2.75) is 31.6 Å². The smallest absolute Gasteiger partial charge is 0.00374 e. The first-order chi connectivity index (χ1) is 10.3. The predicted octanol–water partition coefficient (Wildman–Crippen LogP) is 4.19. The van der Waals surface area contributed by atoms with E-state index in [9.17, 15) is 0 Å². The normalized spacial score (nSPS) is 24.0. The van der Waals surface area contributed by atoms with Crippen molar-refractivity contribution in [3.63, 3.8) is 0 Å². The molecule has 0 saturated heterocycles. The molecule has 2 aromatic rings. The summed E-state index contributed by atoms with van der Waals surface area (Å²) in [4.78, 5) is 0. The van der Waals surface area contributed by atoms with E-state index >= 15 is 0 Å². The van der Waals surface area contributed by atoms with Gasteiger partial charge in [0, 0.05) is 5.41 Å². The van der Waals surface area contributed by atoms with E-state index in [1.165, 1.54) is 24.0 Å². The maximum atomic E-state index is 3.61. The first kappa shape index (κ1) is 14.3. The van der Waals surface area contributed by atoms with Crippen molar-refractivity contribution in [2.75, 3.05) is 13.1 Å². The third-order valence-corrected chi connectivity index (χ3v) is 4.76. The van der Waals surface area contributed by atoms with Gasteiger partial charge in [0.05, 0.1) is 0 Å². The van der Waals surface area contributed by atoms with Gasteiger partial charge in [0.15, 0.2) is 0 Å². The zero-order valence-electron chi connectivity index (χ0n) is 12.9. The second-order valence-electron chi connectivity index (χ2n) is 6.29. The lowest BCUT2D eigenvalue weighted by molar-refractivity contribution is 0.547. The molecule has 1 nitrogen and oxygen atoms in total. The molecule has 0 radical (unpaired) electrons. The quantitative estimate of drug-likeness (QED) is 0.749. The van der Waals surface area contributed by atoms with E-state index < -0.39 is 0 Å². The van der Waals surface area contributed by atoms with Gasteiger partial charge in [-0.25, -0.2) is 0 Å². The Kier molecular flexibility index (Phi) is 4.40. The van der Waals surface area contributed by atoms with Gasteiger partial charge in [-0.05, 0) is 49.4 Å². The molecule has 0 spiro atoms. The van der Waals surface area contributed by atoms with Gasteiger partial charge in [-0.15, -0.1) is 0 Å². The minimum atomic E-state index is 0.351. The van der Waals surface area contributed by atoms with E-state index in [-0.39, 0.29) is 0 Å². The monoisotopic (exact) mass is 279 g/mol. The Morgan fingerprint density at radius 2 is 1.67 bits per heavy atom. The van der Waals surface area contributed by atoms with Crippen LogP contribution in [0.5, 0.6) is 0 Å². The number of hydrogen-bond donors (Lipinski definition) is 1. The van der Waals surface area contributed by atoms with Crippen LogP contribution in [0.2, 0.25) is 0 Å². The van der Waals surface area contributed by atoms with Crippen LogP contribution in [0.4, 0.5) is 0 Å². The van der Waals surface area contributed by atoms with Gasteiger partial charge in [0.1, 0.15) is 0 Å². The van der Waals surface area contributed by atoms with E-state index in [4.69, 9.17) is 0 Å². The molecule has 1 aliphatic rings. The highest BCUT2D eigenvalue weighted by Gasteiger charge is 2.54. The van der Waals surface area contributed by atoms with Crippen molar-refractivity contribution >= 4 is 0 Å². The summed E-state index contributed by atoms with van der Waals surface area (Å²) in [6, 6.07) is 22.0. The number of benzene rings is 2. The van der Waals surface area contributed by atoms with Crippen LogP contribution >= 0.6 is 0 Å². The Hall–Kier alpha value is -1.60. The van der Waals surface area contributed by atoms with Crippen molar-refractivity contribution in [3.8, 4) is 0 Å². The standard InChI is InChI=1S/C20H25N/c1-2-13-21-16-19-15-20(19,18-11-7-4-8-12-18)14-17-9-5-3-6-10-17/h3-12,19,21H,2,13-16H2,1H3. The summed E-state index contributed by atoms with van der Waals surface area (Å²) in [6.45, 7) is 4.51. The lowest BCUT2D eigenvalue weighted by Crippen LogP contribution is -2.23. The van der Waals surface area contributed by atoms with Crippen LogP contribution in [-0.4, -0.2) is 13.1 Å². The van der Waals surface area contributed by atoms with Crippen molar-refractivity contribution in [2.24, 2.45) is 5.92 Å². The average molecular weight is 279 g/mol. The summed E-state index contributed by atoms with van der Waals surface area (Å²) in [5.41, 5.74) is 3.32. The molecular weight excluding hydrogens is 254 g/mol. The minimum Gasteiger partial charge on any atom is -0.316 e. The Morgan fingerprint density at radius 3 is 2.33 bits per heavy atom. The predicted molar refractivity (Wildman–Crippen MR) is 89.5 cm³/mol. The molecule has 1 saturated carbocycles. The largest absolute Gasteiger partial charge is 0.316 e. The van der Waals surface area contributed by atoms with Gasteiger partial charge in [-0.3, -0.25) is 0 Å². The SMILES string of the molecule is CCCNCC1CC1(Cc1ccccc1)c1ccccc1. The van der Waals surface area contributed by atoms with Crippen LogP contribution in [0.3, 0.4) is 0 Å². The van der Waals surface area contributed by atoms with Crippen LogP contribution in [-0.2, 0) is 11.8 Å². The van der Waals surface area contributed by atoms with Crippen LogP contribution in [0.25, 0.3) is 0 Å². The molecule has 1 heteroatoms. The van der Waals surface area contributed by atoms with Gasteiger partial charge in [-0.1, -0.05) is 67.6 Å². The van der Waals surface area contributed by atoms with Crippen LogP contribution < -0.4 is 5.32 Å². The fourth-order valence-electron chi connectivity index (χ4n) is 3.50. The molecule has 21 heavy (non-hydrogen) atoms. The van der Waals surface area contributed by atoms with E-state index in [0.717, 1.165) is 25.4 Å². The second-order valence-corrected chi connectivity index (χ2v) is 6.29. The summed E-state index contributed by atoms with van der Waals surface area (Å²) in [7, 11) is 0. The Bertz CT molecular complexity index is 549. The van der Waals surface area contributed by atoms with E-state index in [1.807, 2.05) is 0 Å². The van der Waals surface area contributed by atoms with Crippen molar-refractivity contribution < 1.29 is 0 Å². The van der Waals surface area contributed by atoms with Gasteiger partial charge >= 0.3 is 0 Å². The van der Waals surface area contributed by atoms with Gasteiger partial charge in [0.25, 0.3) is 0 Å². The van der Waals surface area contributed by atoms with Crippen LogP contribution in [0.15, 0.2) is 60.7 Å². The summed E-state index contributed by atoms with van der Waals surface area (Å²) < 4.78 is 0. The summed E-state index contributed by atoms with van der Waals surface area (Å²) in [5.74, 6) is 0.770. The summed E-state index contributed by atoms with van der Waals surface area (Å²) in [6.07, 6.45) is 3.68. The molecule has 2 unspecified atom stereocenters. The fourth-order valence-corrected chi connectivity index (χ4v) is 3.50. The lowest BCUT2D eigenvalue weighted by atomic mass is 9.86. The summed E-state index contributed by atoms with van der Waals surface area (Å²) >= 11 is 0. The fraction of sp³-hybridized carbons (Fsp3) is 0.400. The molecule has 2 atom stereocenters. The molecule has 110 valence electrons. The average Bonchev–Trinajstić information content (AvgIpc) is 3.23. The molecular formula is C20H25N. The Balaban J connectivity index is 1.77. The highest BCUT2D eigenvalue weighted by molar-refractivity contribution is 5.37. The van der Waals surface area contributed by atoms with Gasteiger partial charge in [-0.2, -0.15) is 0 Å². The van der Waals surface area contributed by atoms with Gasteiger partial charge < -0.3 is 5.32 Å². The highest BCUT2D eigenvalue weighted by atomic mass is 14.9. The topological polar surface area (TPSA) is 12.0 Å². The first-order valence-electron chi connectivity index (χ1n) is 8.15. The summed E-state index contributed by atoms with van der Waals surface area (Å²) in [5, 5.41) is 3.61. The van der Waals surface area contributed by atoms with Crippen molar-refractivity contribution in [1.29, 1.82) is 0 Å². The zero-order chi connectivity index (χ0) is 14.5. The molecule has 3 rings (SSSR count). The number of rotatable bonds is 7. The molecule has 2 aromatic carbocycles. The number of nitrogens with one attached hydrogen (secondary N) is 1. The highest BCUT2D eigenvalue weighted by Crippen LogP contribution is 2.56. The molecule has 0 aliphatic heterocycles. The molecule has 1 fully saturated rings. The molecule has 1 N–H and O–H groups in total.